The molecule has 0 fully saturated rings. The molecule has 0 atom stereocenters. The molecule has 0 N–H and O–H groups in total. The third kappa shape index (κ3) is 6.41. The van der Waals surface area contributed by atoms with Crippen molar-refractivity contribution in [1.29, 1.82) is 0 Å². The van der Waals surface area contributed by atoms with Crippen LogP contribution in [0.5, 0.6) is 0 Å². The van der Waals surface area contributed by atoms with E-state index in [2.05, 4.69) is 241 Å². The second-order valence-corrected chi connectivity index (χ2v) is 18.4. The molecule has 0 saturated carbocycles. The van der Waals surface area contributed by atoms with E-state index in [9.17, 15) is 0 Å². The molecule has 0 radical (unpaired) electrons. The topological polar surface area (TPSA) is 4.93 Å². The first-order valence-electron chi connectivity index (χ1n) is 21.5. The lowest BCUT2D eigenvalue weighted by Gasteiger charge is -2.11. The Morgan fingerprint density at radius 1 is 0.242 bits per heavy atom. The van der Waals surface area contributed by atoms with Crippen molar-refractivity contribution in [2.75, 3.05) is 0 Å². The Morgan fingerprint density at radius 2 is 0.548 bits per heavy atom. The lowest BCUT2D eigenvalue weighted by atomic mass is 9.97. The van der Waals surface area contributed by atoms with Gasteiger partial charge in [0.1, 0.15) is 0 Å². The van der Waals surface area contributed by atoms with Crippen LogP contribution in [0.1, 0.15) is 0 Å². The summed E-state index contributed by atoms with van der Waals surface area (Å²) < 4.78 is 2.49. The van der Waals surface area contributed by atoms with Gasteiger partial charge >= 0.3 is 0 Å². The van der Waals surface area contributed by atoms with Gasteiger partial charge in [0.05, 0.1) is 20.6 Å². The number of hydrogen-bond acceptors (Lipinski definition) is 0. The summed E-state index contributed by atoms with van der Waals surface area (Å²) in [5, 5.41) is 5.55. The van der Waals surface area contributed by atoms with E-state index in [-0.39, 0.29) is 0 Å². The molecule has 0 amide bonds. The molecule has 1 nitrogen and oxygen atoms in total. The first kappa shape index (κ1) is 36.1. The summed E-state index contributed by atoms with van der Waals surface area (Å²) >= 11 is 0. The third-order valence-electron chi connectivity index (χ3n) is 12.9. The molecule has 2 heterocycles. The van der Waals surface area contributed by atoms with Gasteiger partial charge in [0.25, 0.3) is 0 Å². The van der Waals surface area contributed by atoms with Crippen LogP contribution in [0.4, 0.5) is 0 Å². The highest BCUT2D eigenvalue weighted by Gasteiger charge is 2.22. The van der Waals surface area contributed by atoms with Crippen molar-refractivity contribution in [1.82, 2.24) is 4.57 Å². The van der Waals surface area contributed by atoms with Crippen molar-refractivity contribution in [2.24, 2.45) is 0 Å². The van der Waals surface area contributed by atoms with E-state index in [1.165, 1.54) is 116 Å². The molecule has 12 rings (SSSR count). The largest absolute Gasteiger partial charge is 0.309 e. The fraction of sp³-hybridized carbons (Fsp3) is 0. The fourth-order valence-corrected chi connectivity index (χ4v) is 11.7. The van der Waals surface area contributed by atoms with Crippen molar-refractivity contribution < 1.29 is 0 Å². The van der Waals surface area contributed by atoms with E-state index in [4.69, 9.17) is 0 Å². The van der Waals surface area contributed by atoms with E-state index < -0.39 is 9.52 Å². The van der Waals surface area contributed by atoms with E-state index in [0.29, 0.717) is 0 Å². The van der Waals surface area contributed by atoms with Crippen molar-refractivity contribution >= 4 is 41.7 Å². The molecule has 1 aliphatic rings. The number of nitrogens with zero attached hydrogens (tertiary/aromatic N) is 1. The molecule has 0 spiro atoms. The van der Waals surface area contributed by atoms with E-state index in [1.807, 2.05) is 0 Å². The molecular formula is C60H41NSi. The van der Waals surface area contributed by atoms with Gasteiger partial charge in [-0.2, -0.15) is 0 Å². The number of aromatic nitrogens is 1. The van der Waals surface area contributed by atoms with Gasteiger partial charge in [-0.15, -0.1) is 0 Å². The minimum atomic E-state index is -0.691. The van der Waals surface area contributed by atoms with Gasteiger partial charge < -0.3 is 4.57 Å². The highest BCUT2D eigenvalue weighted by Crippen LogP contribution is 2.39. The summed E-state index contributed by atoms with van der Waals surface area (Å²) in [6.45, 7) is 0. The number of rotatable bonds is 7. The summed E-state index contributed by atoms with van der Waals surface area (Å²) in [5.74, 6) is 0. The molecule has 2 heteroatoms. The standard InChI is InChI=1S/C60H41NSi/c1-4-10-40(11-5-1)43-16-22-46(23-17-43)49-29-34-57-55(36-49)56-37-50(47-24-18-44(19-25-47)41-12-6-2-7-13-41)30-35-58(56)61(57)52-31-33-54-53-32-28-51(38-59(53)62-60(54)39-52)48-26-20-45(21-27-48)42-14-8-3-9-15-42/h1-39H,62H2. The van der Waals surface area contributed by atoms with Gasteiger partial charge in [0.2, 0.25) is 0 Å². The first-order valence-corrected chi connectivity index (χ1v) is 22.9. The summed E-state index contributed by atoms with van der Waals surface area (Å²) in [7, 11) is -0.691. The maximum Gasteiger partial charge on any atom is 0.0892 e. The van der Waals surface area contributed by atoms with Gasteiger partial charge in [0, 0.05) is 16.5 Å². The molecule has 1 aliphatic heterocycles. The lowest BCUT2D eigenvalue weighted by Crippen LogP contribution is -2.21. The Labute approximate surface area is 364 Å². The molecule has 0 aliphatic carbocycles. The van der Waals surface area contributed by atoms with Crippen LogP contribution >= 0.6 is 0 Å². The second-order valence-electron chi connectivity index (χ2n) is 16.5. The summed E-state index contributed by atoms with van der Waals surface area (Å²) in [6.07, 6.45) is 0. The monoisotopic (exact) mass is 803 g/mol. The Bertz CT molecular complexity index is 3280. The Balaban J connectivity index is 0.924. The van der Waals surface area contributed by atoms with Gasteiger partial charge in [-0.05, 0) is 114 Å². The van der Waals surface area contributed by atoms with E-state index in [0.717, 1.165) is 0 Å². The van der Waals surface area contributed by atoms with Crippen LogP contribution in [-0.4, -0.2) is 14.1 Å². The zero-order valence-corrected chi connectivity index (χ0v) is 35.6. The molecule has 0 saturated heterocycles. The van der Waals surface area contributed by atoms with Crippen molar-refractivity contribution in [3.05, 3.63) is 237 Å². The van der Waals surface area contributed by atoms with Crippen molar-refractivity contribution in [2.45, 2.75) is 0 Å². The van der Waals surface area contributed by atoms with Crippen LogP contribution < -0.4 is 10.4 Å². The Morgan fingerprint density at radius 3 is 0.968 bits per heavy atom. The van der Waals surface area contributed by atoms with Crippen LogP contribution in [0.2, 0.25) is 0 Å². The number of benzene rings is 10. The maximum absolute atomic E-state index is 2.49. The Hall–Kier alpha value is -7.78. The highest BCUT2D eigenvalue weighted by molar-refractivity contribution is 6.73. The normalized spacial score (nSPS) is 12.2. The van der Waals surface area contributed by atoms with Crippen LogP contribution in [0, 0.1) is 0 Å². The molecule has 11 aromatic rings. The predicted octanol–water partition coefficient (Wildman–Crippen LogP) is 13.9. The average Bonchev–Trinajstić information content (AvgIpc) is 3.89. The minimum Gasteiger partial charge on any atom is -0.309 e. The summed E-state index contributed by atoms with van der Waals surface area (Å²) in [4.78, 5) is 0. The van der Waals surface area contributed by atoms with Gasteiger partial charge in [-0.25, -0.2) is 0 Å². The molecule has 1 aromatic heterocycles. The van der Waals surface area contributed by atoms with Gasteiger partial charge in [-0.3, -0.25) is 0 Å². The second kappa shape index (κ2) is 15.0. The number of hydrogen-bond donors (Lipinski definition) is 0. The molecule has 0 unspecified atom stereocenters. The maximum atomic E-state index is 2.49. The van der Waals surface area contributed by atoms with Gasteiger partial charge in [-0.1, -0.05) is 211 Å². The summed E-state index contributed by atoms with van der Waals surface area (Å²) in [6, 6.07) is 87.3. The average molecular weight is 804 g/mol. The molecule has 290 valence electrons. The Kier molecular flexibility index (Phi) is 8.76. The third-order valence-corrected chi connectivity index (χ3v) is 14.8. The van der Waals surface area contributed by atoms with E-state index >= 15 is 0 Å². The molecule has 62 heavy (non-hydrogen) atoms. The first-order chi connectivity index (χ1) is 30.7. The minimum absolute atomic E-state index is 0.691. The molecule has 10 aromatic carbocycles. The molecule has 0 bridgehead atoms. The zero-order valence-electron chi connectivity index (χ0n) is 34.2. The van der Waals surface area contributed by atoms with Crippen LogP contribution in [0.15, 0.2) is 237 Å². The van der Waals surface area contributed by atoms with Crippen LogP contribution in [0.25, 0.3) is 105 Å². The number of fused-ring (bicyclic) bond motifs is 6. The smallest absolute Gasteiger partial charge is 0.0892 e. The lowest BCUT2D eigenvalue weighted by molar-refractivity contribution is 1.18. The predicted molar refractivity (Wildman–Crippen MR) is 267 cm³/mol. The van der Waals surface area contributed by atoms with Crippen LogP contribution in [-0.2, 0) is 0 Å². The SMILES string of the molecule is c1ccc(-c2ccc(-c3ccc4c(c3)[SiH2]c3cc(-n5c6ccc(-c7ccc(-c8ccccc8)cc7)cc6c6cc(-c7ccc(-c8ccccc8)cc7)ccc65)ccc3-4)cc2)cc1. The van der Waals surface area contributed by atoms with Crippen molar-refractivity contribution in [3.63, 3.8) is 0 Å². The fourth-order valence-electron chi connectivity index (χ4n) is 9.63. The van der Waals surface area contributed by atoms with Crippen molar-refractivity contribution in [3.8, 4) is 83.6 Å². The van der Waals surface area contributed by atoms with Gasteiger partial charge in [0.15, 0.2) is 0 Å². The zero-order chi connectivity index (χ0) is 41.0. The highest BCUT2D eigenvalue weighted by atomic mass is 28.2. The summed E-state index contributed by atoms with van der Waals surface area (Å²) in [5.41, 5.74) is 21.3. The quantitative estimate of drug-likeness (QED) is 0.141. The van der Waals surface area contributed by atoms with Crippen LogP contribution in [0.3, 0.4) is 0 Å². The molecular weight excluding hydrogens is 763 g/mol. The van der Waals surface area contributed by atoms with E-state index in [1.54, 1.807) is 0 Å².